The second kappa shape index (κ2) is 32.4. The van der Waals surface area contributed by atoms with Gasteiger partial charge in [0, 0.05) is 45.1 Å². The number of carbonyl (C=O) groups excluding carboxylic acids is 2. The molecule has 0 radical (unpaired) electrons. The van der Waals surface area contributed by atoms with Gasteiger partial charge < -0.3 is 20.1 Å². The molecule has 0 amide bonds. The normalized spacial score (nSPS) is 14.3. The zero-order chi connectivity index (χ0) is 33.3. The number of ether oxygens (including phenoxy) is 2. The molecule has 272 valence electrons. The van der Waals surface area contributed by atoms with Crippen LogP contribution in [-0.2, 0) is 19.1 Å². The van der Waals surface area contributed by atoms with Crippen molar-refractivity contribution in [3.05, 3.63) is 0 Å². The Hall–Kier alpha value is -1.18. The van der Waals surface area contributed by atoms with Gasteiger partial charge in [0.1, 0.15) is 13.2 Å². The lowest BCUT2D eigenvalue weighted by Gasteiger charge is -2.32. The van der Waals surface area contributed by atoms with E-state index in [2.05, 4.69) is 23.6 Å². The summed E-state index contributed by atoms with van der Waals surface area (Å²) in [7, 11) is 0. The average molecular weight is 652 g/mol. The molecule has 0 spiro atoms. The molecular formula is C39H77N3O4. The molecule has 2 N–H and O–H groups in total. The van der Waals surface area contributed by atoms with Crippen LogP contribution in [0.1, 0.15) is 181 Å². The molecule has 7 heteroatoms. The van der Waals surface area contributed by atoms with Gasteiger partial charge in [0.05, 0.1) is 0 Å². The first-order chi connectivity index (χ1) is 22.5. The summed E-state index contributed by atoms with van der Waals surface area (Å²) < 4.78 is 11.2. The smallest absolute Gasteiger partial charge is 0.305 e. The highest BCUT2D eigenvalue weighted by molar-refractivity contribution is 5.69. The lowest BCUT2D eigenvalue weighted by atomic mass is 10.1. The summed E-state index contributed by atoms with van der Waals surface area (Å²) in [4.78, 5) is 29.4. The van der Waals surface area contributed by atoms with E-state index in [1.807, 2.05) is 0 Å². The van der Waals surface area contributed by atoms with Crippen LogP contribution in [0.4, 0.5) is 0 Å². The van der Waals surface area contributed by atoms with Gasteiger partial charge in [-0.15, -0.1) is 0 Å². The standard InChI is InChI=1S/C39H77N3O4/c1-3-5-7-9-11-13-15-17-19-21-23-25-38(43)45-35-33-42(32-31-41-29-27-37(40)28-30-41)34-36-46-39(44)26-24-22-20-18-16-14-12-10-8-6-4-2/h37H,3-36,40H2,1-2H3. The van der Waals surface area contributed by atoms with Crippen molar-refractivity contribution in [2.45, 2.75) is 187 Å². The van der Waals surface area contributed by atoms with Crippen molar-refractivity contribution < 1.29 is 19.1 Å². The maximum Gasteiger partial charge on any atom is 0.305 e. The summed E-state index contributed by atoms with van der Waals surface area (Å²) >= 11 is 0. The van der Waals surface area contributed by atoms with Crippen LogP contribution in [-0.4, -0.2) is 80.3 Å². The van der Waals surface area contributed by atoms with Crippen LogP contribution in [0.15, 0.2) is 0 Å². The molecule has 0 bridgehead atoms. The van der Waals surface area contributed by atoms with Gasteiger partial charge in [0.2, 0.25) is 0 Å². The van der Waals surface area contributed by atoms with Gasteiger partial charge in [-0.1, -0.05) is 142 Å². The molecule has 1 saturated heterocycles. The van der Waals surface area contributed by atoms with Crippen molar-refractivity contribution in [2.75, 3.05) is 52.5 Å². The number of nitrogens with two attached hydrogens (primary N) is 1. The number of piperidine rings is 1. The van der Waals surface area contributed by atoms with Gasteiger partial charge >= 0.3 is 11.9 Å². The number of carbonyl (C=O) groups is 2. The van der Waals surface area contributed by atoms with Gasteiger partial charge in [0.25, 0.3) is 0 Å². The van der Waals surface area contributed by atoms with E-state index in [1.165, 1.54) is 116 Å². The van der Waals surface area contributed by atoms with E-state index < -0.39 is 0 Å². The first kappa shape index (κ1) is 42.8. The maximum atomic E-state index is 12.3. The van der Waals surface area contributed by atoms with E-state index in [4.69, 9.17) is 15.2 Å². The molecule has 0 atom stereocenters. The molecule has 7 nitrogen and oxygen atoms in total. The average Bonchev–Trinajstić information content (AvgIpc) is 3.05. The second-order valence-corrected chi connectivity index (χ2v) is 14.0. The van der Waals surface area contributed by atoms with E-state index >= 15 is 0 Å². The number of unbranched alkanes of at least 4 members (excludes halogenated alkanes) is 20. The van der Waals surface area contributed by atoms with Crippen molar-refractivity contribution in [3.8, 4) is 0 Å². The summed E-state index contributed by atoms with van der Waals surface area (Å²) in [5, 5.41) is 0. The van der Waals surface area contributed by atoms with Gasteiger partial charge in [-0.3, -0.25) is 14.5 Å². The molecular weight excluding hydrogens is 574 g/mol. The number of rotatable bonds is 33. The molecule has 0 aromatic heterocycles. The molecule has 0 aliphatic carbocycles. The van der Waals surface area contributed by atoms with Crippen LogP contribution in [0.2, 0.25) is 0 Å². The number of likely N-dealkylation sites (tertiary alicyclic amines) is 1. The number of hydrogen-bond acceptors (Lipinski definition) is 7. The summed E-state index contributed by atoms with van der Waals surface area (Å²) in [5.74, 6) is -0.168. The van der Waals surface area contributed by atoms with Crippen molar-refractivity contribution in [2.24, 2.45) is 5.73 Å². The highest BCUT2D eigenvalue weighted by Gasteiger charge is 2.17. The predicted molar refractivity (Wildman–Crippen MR) is 194 cm³/mol. The van der Waals surface area contributed by atoms with Crippen molar-refractivity contribution >= 4 is 11.9 Å². The fraction of sp³-hybridized carbons (Fsp3) is 0.949. The Balaban J connectivity index is 2.16. The third-order valence-corrected chi connectivity index (χ3v) is 9.67. The molecule has 1 rings (SSSR count). The van der Waals surface area contributed by atoms with Crippen molar-refractivity contribution in [3.63, 3.8) is 0 Å². The summed E-state index contributed by atoms with van der Waals surface area (Å²) in [6.45, 7) is 10.6. The van der Waals surface area contributed by atoms with Crippen LogP contribution in [0.5, 0.6) is 0 Å². The third kappa shape index (κ3) is 27.9. The Morgan fingerprint density at radius 2 is 0.913 bits per heavy atom. The van der Waals surface area contributed by atoms with Gasteiger partial charge in [-0.05, 0) is 38.8 Å². The monoisotopic (exact) mass is 652 g/mol. The van der Waals surface area contributed by atoms with E-state index in [1.54, 1.807) is 0 Å². The fourth-order valence-corrected chi connectivity index (χ4v) is 6.38. The molecule has 46 heavy (non-hydrogen) atoms. The van der Waals surface area contributed by atoms with Crippen molar-refractivity contribution in [1.82, 2.24) is 9.80 Å². The molecule has 1 fully saturated rings. The lowest BCUT2D eigenvalue weighted by Crippen LogP contribution is -2.44. The molecule has 0 unspecified atom stereocenters. The Morgan fingerprint density at radius 1 is 0.565 bits per heavy atom. The first-order valence-electron chi connectivity index (χ1n) is 20.1. The Morgan fingerprint density at radius 3 is 1.28 bits per heavy atom. The van der Waals surface area contributed by atoms with Gasteiger partial charge in [-0.2, -0.15) is 0 Å². The molecule has 0 aromatic carbocycles. The summed E-state index contributed by atoms with van der Waals surface area (Å²) in [6, 6.07) is 0.326. The highest BCUT2D eigenvalue weighted by Crippen LogP contribution is 2.14. The Bertz CT molecular complexity index is 640. The minimum absolute atomic E-state index is 0.0840. The summed E-state index contributed by atoms with van der Waals surface area (Å²) in [5.41, 5.74) is 6.09. The zero-order valence-corrected chi connectivity index (χ0v) is 30.7. The maximum absolute atomic E-state index is 12.3. The van der Waals surface area contributed by atoms with Gasteiger partial charge in [0.15, 0.2) is 0 Å². The van der Waals surface area contributed by atoms with Crippen LogP contribution < -0.4 is 5.73 Å². The van der Waals surface area contributed by atoms with Crippen LogP contribution >= 0.6 is 0 Å². The van der Waals surface area contributed by atoms with Gasteiger partial charge in [-0.25, -0.2) is 0 Å². The van der Waals surface area contributed by atoms with E-state index in [0.29, 0.717) is 45.2 Å². The zero-order valence-electron chi connectivity index (χ0n) is 30.7. The molecule has 1 aliphatic rings. The van der Waals surface area contributed by atoms with Crippen LogP contribution in [0, 0.1) is 0 Å². The number of nitrogens with zero attached hydrogens (tertiary/aromatic N) is 2. The Labute approximate surface area is 285 Å². The number of hydrogen-bond donors (Lipinski definition) is 1. The first-order valence-corrected chi connectivity index (χ1v) is 20.1. The fourth-order valence-electron chi connectivity index (χ4n) is 6.38. The quantitative estimate of drug-likeness (QED) is 0.0559. The second-order valence-electron chi connectivity index (χ2n) is 14.0. The van der Waals surface area contributed by atoms with E-state index in [0.717, 1.165) is 64.7 Å². The molecule has 1 heterocycles. The largest absolute Gasteiger partial charge is 0.464 e. The number of esters is 2. The highest BCUT2D eigenvalue weighted by atomic mass is 16.5. The minimum Gasteiger partial charge on any atom is -0.464 e. The lowest BCUT2D eigenvalue weighted by molar-refractivity contribution is -0.144. The molecule has 0 aromatic rings. The topological polar surface area (TPSA) is 85.1 Å². The van der Waals surface area contributed by atoms with Crippen LogP contribution in [0.25, 0.3) is 0 Å². The van der Waals surface area contributed by atoms with Crippen molar-refractivity contribution in [1.29, 1.82) is 0 Å². The molecule has 1 aliphatic heterocycles. The Kier molecular flexibility index (Phi) is 30.1. The molecule has 0 saturated carbocycles. The summed E-state index contributed by atoms with van der Waals surface area (Å²) in [6.07, 6.45) is 31.2. The SMILES string of the molecule is CCCCCCCCCCCCCC(=O)OCCN(CCOC(=O)CCCCCCCCCCCCC)CCN1CCC(N)CC1. The minimum atomic E-state index is -0.0840. The van der Waals surface area contributed by atoms with Crippen LogP contribution in [0.3, 0.4) is 0 Å². The van der Waals surface area contributed by atoms with E-state index in [-0.39, 0.29) is 11.9 Å². The van der Waals surface area contributed by atoms with E-state index in [9.17, 15) is 9.59 Å². The third-order valence-electron chi connectivity index (χ3n) is 9.67. The predicted octanol–water partition coefficient (Wildman–Crippen LogP) is 9.20.